The number of thiazole rings is 1. The van der Waals surface area contributed by atoms with Gasteiger partial charge in [-0.2, -0.15) is 0 Å². The SMILES string of the molecule is CCCNC1CCCc2cn(Cc3nc(C)cs3)cc21. The number of aromatic nitrogens is 2. The maximum atomic E-state index is 4.56. The average molecular weight is 289 g/mol. The van der Waals surface area contributed by atoms with Crippen molar-refractivity contribution in [3.8, 4) is 0 Å². The summed E-state index contributed by atoms with van der Waals surface area (Å²) in [5, 5.41) is 7.01. The third-order valence-corrected chi connectivity index (χ3v) is 4.89. The van der Waals surface area contributed by atoms with Gasteiger partial charge in [0.1, 0.15) is 5.01 Å². The van der Waals surface area contributed by atoms with E-state index in [4.69, 9.17) is 0 Å². The number of hydrogen-bond donors (Lipinski definition) is 1. The second-order valence-electron chi connectivity index (χ2n) is 5.69. The lowest BCUT2D eigenvalue weighted by molar-refractivity contribution is 0.462. The van der Waals surface area contributed by atoms with Crippen LogP contribution in [0.25, 0.3) is 0 Å². The number of aryl methyl sites for hydroxylation is 2. The van der Waals surface area contributed by atoms with Gasteiger partial charge in [0.2, 0.25) is 0 Å². The largest absolute Gasteiger partial charge is 0.347 e. The molecule has 108 valence electrons. The van der Waals surface area contributed by atoms with E-state index in [9.17, 15) is 0 Å². The Hall–Kier alpha value is -1.13. The number of nitrogens with one attached hydrogen (secondary N) is 1. The maximum absolute atomic E-state index is 4.56. The van der Waals surface area contributed by atoms with E-state index in [1.54, 1.807) is 11.3 Å². The monoisotopic (exact) mass is 289 g/mol. The first-order chi connectivity index (χ1) is 9.76. The highest BCUT2D eigenvalue weighted by atomic mass is 32.1. The van der Waals surface area contributed by atoms with E-state index in [1.807, 2.05) is 0 Å². The molecule has 1 unspecified atom stereocenters. The van der Waals surface area contributed by atoms with Crippen molar-refractivity contribution in [3.63, 3.8) is 0 Å². The van der Waals surface area contributed by atoms with Crippen molar-refractivity contribution < 1.29 is 0 Å². The van der Waals surface area contributed by atoms with Gasteiger partial charge in [-0.25, -0.2) is 4.98 Å². The molecule has 0 saturated heterocycles. The van der Waals surface area contributed by atoms with Crippen molar-refractivity contribution in [2.24, 2.45) is 0 Å². The predicted molar refractivity (Wildman–Crippen MR) is 84.4 cm³/mol. The molecule has 2 aromatic rings. The second-order valence-corrected chi connectivity index (χ2v) is 6.64. The number of nitrogens with zero attached hydrogens (tertiary/aromatic N) is 2. The summed E-state index contributed by atoms with van der Waals surface area (Å²) in [5.41, 5.74) is 4.17. The molecule has 1 aliphatic carbocycles. The van der Waals surface area contributed by atoms with E-state index in [-0.39, 0.29) is 0 Å². The number of rotatable bonds is 5. The Balaban J connectivity index is 1.76. The molecule has 0 saturated carbocycles. The summed E-state index contributed by atoms with van der Waals surface area (Å²) >= 11 is 1.76. The van der Waals surface area contributed by atoms with Crippen molar-refractivity contribution in [1.29, 1.82) is 0 Å². The average Bonchev–Trinajstić information content (AvgIpc) is 3.02. The molecular weight excluding hydrogens is 266 g/mol. The molecule has 0 radical (unpaired) electrons. The standard InChI is InChI=1S/C16H23N3S/c1-3-7-17-15-6-4-5-13-8-19(9-14(13)15)10-16-18-12(2)11-20-16/h8-9,11,15,17H,3-7,10H2,1-2H3. The third-order valence-electron chi connectivity index (χ3n) is 3.94. The minimum atomic E-state index is 0.554. The van der Waals surface area contributed by atoms with E-state index in [0.29, 0.717) is 6.04 Å². The van der Waals surface area contributed by atoms with Crippen molar-refractivity contribution in [2.45, 2.75) is 52.1 Å². The maximum Gasteiger partial charge on any atom is 0.113 e. The van der Waals surface area contributed by atoms with Crippen LogP contribution < -0.4 is 5.32 Å². The van der Waals surface area contributed by atoms with E-state index in [0.717, 1.165) is 18.8 Å². The minimum Gasteiger partial charge on any atom is -0.347 e. The molecule has 0 bridgehead atoms. The summed E-state index contributed by atoms with van der Waals surface area (Å²) in [6, 6.07) is 0.554. The normalized spacial score (nSPS) is 18.2. The zero-order valence-electron chi connectivity index (χ0n) is 12.4. The van der Waals surface area contributed by atoms with Crippen molar-refractivity contribution in [3.05, 3.63) is 39.6 Å². The van der Waals surface area contributed by atoms with Gasteiger partial charge in [-0.3, -0.25) is 0 Å². The van der Waals surface area contributed by atoms with Crippen LogP contribution in [0.2, 0.25) is 0 Å². The van der Waals surface area contributed by atoms with Crippen molar-refractivity contribution >= 4 is 11.3 Å². The highest BCUT2D eigenvalue weighted by molar-refractivity contribution is 7.09. The van der Waals surface area contributed by atoms with Gasteiger partial charge >= 0.3 is 0 Å². The smallest absolute Gasteiger partial charge is 0.113 e. The van der Waals surface area contributed by atoms with Crippen molar-refractivity contribution in [1.82, 2.24) is 14.9 Å². The molecule has 3 rings (SSSR count). The van der Waals surface area contributed by atoms with Gasteiger partial charge in [0.15, 0.2) is 0 Å². The van der Waals surface area contributed by atoms with Crippen LogP contribution in [0.15, 0.2) is 17.8 Å². The van der Waals surface area contributed by atoms with Crippen LogP contribution in [-0.4, -0.2) is 16.1 Å². The lowest BCUT2D eigenvalue weighted by Crippen LogP contribution is -2.24. The summed E-state index contributed by atoms with van der Waals surface area (Å²) in [6.07, 6.45) is 9.65. The van der Waals surface area contributed by atoms with Gasteiger partial charge in [-0.1, -0.05) is 6.92 Å². The summed E-state index contributed by atoms with van der Waals surface area (Å²) in [4.78, 5) is 4.56. The van der Waals surface area contributed by atoms with Gasteiger partial charge in [-0.15, -0.1) is 11.3 Å². The molecule has 1 aliphatic rings. The van der Waals surface area contributed by atoms with Crippen LogP contribution in [0.3, 0.4) is 0 Å². The molecule has 20 heavy (non-hydrogen) atoms. The molecule has 0 spiro atoms. The molecule has 2 aromatic heterocycles. The van der Waals surface area contributed by atoms with Crippen LogP contribution in [-0.2, 0) is 13.0 Å². The van der Waals surface area contributed by atoms with E-state index in [2.05, 4.69) is 46.5 Å². The molecule has 1 atom stereocenters. The molecule has 1 N–H and O–H groups in total. The van der Waals surface area contributed by atoms with E-state index < -0.39 is 0 Å². The highest BCUT2D eigenvalue weighted by Gasteiger charge is 2.21. The summed E-state index contributed by atoms with van der Waals surface area (Å²) in [6.45, 7) is 6.31. The Morgan fingerprint density at radius 3 is 3.10 bits per heavy atom. The molecule has 0 aromatic carbocycles. The fourth-order valence-corrected chi connectivity index (χ4v) is 3.78. The first-order valence-electron chi connectivity index (χ1n) is 7.59. The quantitative estimate of drug-likeness (QED) is 0.910. The molecule has 2 heterocycles. The van der Waals surface area contributed by atoms with Gasteiger partial charge in [0.25, 0.3) is 0 Å². The lowest BCUT2D eigenvalue weighted by Gasteiger charge is -2.23. The zero-order valence-corrected chi connectivity index (χ0v) is 13.2. The highest BCUT2D eigenvalue weighted by Crippen LogP contribution is 2.30. The molecule has 4 heteroatoms. The van der Waals surface area contributed by atoms with Crippen LogP contribution in [0.1, 0.15) is 54.1 Å². The summed E-state index contributed by atoms with van der Waals surface area (Å²) in [5.74, 6) is 0. The van der Waals surface area contributed by atoms with Gasteiger partial charge in [-0.05, 0) is 50.3 Å². The predicted octanol–water partition coefficient (Wildman–Crippen LogP) is 3.68. The fourth-order valence-electron chi connectivity index (χ4n) is 3.00. The lowest BCUT2D eigenvalue weighted by atomic mass is 9.91. The summed E-state index contributed by atoms with van der Waals surface area (Å²) in [7, 11) is 0. The Kier molecular flexibility index (Phi) is 4.22. The van der Waals surface area contributed by atoms with Crippen LogP contribution in [0.4, 0.5) is 0 Å². The molecule has 0 fully saturated rings. The van der Waals surface area contributed by atoms with Crippen LogP contribution >= 0.6 is 11.3 Å². The molecule has 3 nitrogen and oxygen atoms in total. The Labute approximate surface area is 125 Å². The Bertz CT molecular complexity index is 570. The minimum absolute atomic E-state index is 0.554. The first-order valence-corrected chi connectivity index (χ1v) is 8.47. The van der Waals surface area contributed by atoms with Gasteiger partial charge in [0.05, 0.1) is 6.54 Å². The zero-order chi connectivity index (χ0) is 13.9. The second kappa shape index (κ2) is 6.10. The summed E-state index contributed by atoms with van der Waals surface area (Å²) < 4.78 is 2.31. The Morgan fingerprint density at radius 1 is 1.45 bits per heavy atom. The first kappa shape index (κ1) is 13.8. The van der Waals surface area contributed by atoms with E-state index in [1.165, 1.54) is 41.8 Å². The van der Waals surface area contributed by atoms with E-state index >= 15 is 0 Å². The number of fused-ring (bicyclic) bond motifs is 1. The topological polar surface area (TPSA) is 29.9 Å². The van der Waals surface area contributed by atoms with Crippen LogP contribution in [0.5, 0.6) is 0 Å². The fraction of sp³-hybridized carbons (Fsp3) is 0.562. The van der Waals surface area contributed by atoms with Crippen LogP contribution in [0, 0.1) is 6.92 Å². The van der Waals surface area contributed by atoms with Gasteiger partial charge in [0, 0.05) is 29.5 Å². The van der Waals surface area contributed by atoms with Crippen molar-refractivity contribution in [2.75, 3.05) is 6.54 Å². The molecule has 0 aliphatic heterocycles. The third kappa shape index (κ3) is 2.96. The number of hydrogen-bond acceptors (Lipinski definition) is 3. The Morgan fingerprint density at radius 2 is 2.35 bits per heavy atom. The molecular formula is C16H23N3S. The van der Waals surface area contributed by atoms with Gasteiger partial charge < -0.3 is 9.88 Å². The molecule has 0 amide bonds.